The van der Waals surface area contributed by atoms with Crippen LogP contribution in [0.25, 0.3) is 0 Å². The molecule has 1 aromatic carbocycles. The standard InChI is InChI=1S/C22H35N3O/c1-18-14-20(10-13-25(18)16-19-8-4-2-5-9-19)24-21(26)15-22(17-23)11-6-3-7-12-22/h2,4-5,8-9,18,20H,3,6-7,10-17,23H2,1H3,(H,24,26). The Kier molecular flexibility index (Phi) is 6.71. The van der Waals surface area contributed by atoms with Gasteiger partial charge in [-0.05, 0) is 50.1 Å². The van der Waals surface area contributed by atoms with Crippen molar-refractivity contribution in [2.24, 2.45) is 11.1 Å². The predicted octanol–water partition coefficient (Wildman–Crippen LogP) is 3.46. The highest BCUT2D eigenvalue weighted by Crippen LogP contribution is 2.38. The summed E-state index contributed by atoms with van der Waals surface area (Å²) in [6, 6.07) is 11.5. The Balaban J connectivity index is 1.47. The first-order valence-electron chi connectivity index (χ1n) is 10.4. The molecule has 4 heteroatoms. The molecule has 3 N–H and O–H groups in total. The van der Waals surface area contributed by atoms with Crippen LogP contribution in [0.3, 0.4) is 0 Å². The lowest BCUT2D eigenvalue weighted by Gasteiger charge is -2.39. The molecule has 2 unspecified atom stereocenters. The van der Waals surface area contributed by atoms with Crippen LogP contribution < -0.4 is 11.1 Å². The molecule has 3 rings (SSSR count). The molecule has 144 valence electrons. The molecule has 2 aliphatic rings. The lowest BCUT2D eigenvalue weighted by Crippen LogP contribution is -2.49. The van der Waals surface area contributed by atoms with E-state index in [1.807, 2.05) is 0 Å². The molecular weight excluding hydrogens is 322 g/mol. The van der Waals surface area contributed by atoms with Crippen molar-refractivity contribution >= 4 is 5.91 Å². The summed E-state index contributed by atoms with van der Waals surface area (Å²) in [4.78, 5) is 15.2. The highest BCUT2D eigenvalue weighted by molar-refractivity contribution is 5.77. The van der Waals surface area contributed by atoms with Gasteiger partial charge in [0.05, 0.1) is 0 Å². The largest absolute Gasteiger partial charge is 0.353 e. The number of piperidine rings is 1. The zero-order valence-electron chi connectivity index (χ0n) is 16.3. The van der Waals surface area contributed by atoms with Crippen molar-refractivity contribution in [1.29, 1.82) is 0 Å². The molecule has 1 saturated carbocycles. The van der Waals surface area contributed by atoms with E-state index in [1.165, 1.54) is 24.8 Å². The van der Waals surface area contributed by atoms with E-state index >= 15 is 0 Å². The van der Waals surface area contributed by atoms with Gasteiger partial charge >= 0.3 is 0 Å². The Morgan fingerprint density at radius 2 is 1.96 bits per heavy atom. The van der Waals surface area contributed by atoms with E-state index in [0.717, 1.165) is 38.8 Å². The summed E-state index contributed by atoms with van der Waals surface area (Å²) < 4.78 is 0. The number of nitrogens with two attached hydrogens (primary N) is 1. The van der Waals surface area contributed by atoms with Crippen LogP contribution in [0, 0.1) is 5.41 Å². The Morgan fingerprint density at radius 1 is 1.23 bits per heavy atom. The van der Waals surface area contributed by atoms with Gasteiger partial charge in [0, 0.05) is 31.6 Å². The van der Waals surface area contributed by atoms with Crippen LogP contribution in [0.15, 0.2) is 30.3 Å². The molecule has 2 fully saturated rings. The Bertz CT molecular complexity index is 568. The van der Waals surface area contributed by atoms with Gasteiger partial charge in [-0.25, -0.2) is 0 Å². The topological polar surface area (TPSA) is 58.4 Å². The lowest BCUT2D eigenvalue weighted by atomic mass is 9.71. The Labute approximate surface area is 158 Å². The molecule has 0 bridgehead atoms. The number of carbonyl (C=O) groups is 1. The molecule has 4 nitrogen and oxygen atoms in total. The van der Waals surface area contributed by atoms with Gasteiger partial charge in [0.15, 0.2) is 0 Å². The van der Waals surface area contributed by atoms with E-state index in [2.05, 4.69) is 47.5 Å². The van der Waals surface area contributed by atoms with Crippen LogP contribution in [-0.2, 0) is 11.3 Å². The second-order valence-electron chi connectivity index (χ2n) is 8.54. The summed E-state index contributed by atoms with van der Waals surface area (Å²) in [5, 5.41) is 3.32. The zero-order chi connectivity index (χ0) is 18.4. The first-order chi connectivity index (χ1) is 12.6. The van der Waals surface area contributed by atoms with Gasteiger partial charge in [-0.2, -0.15) is 0 Å². The van der Waals surface area contributed by atoms with Crippen molar-refractivity contribution in [1.82, 2.24) is 10.2 Å². The van der Waals surface area contributed by atoms with Gasteiger partial charge in [-0.3, -0.25) is 9.69 Å². The molecule has 1 heterocycles. The highest BCUT2D eigenvalue weighted by atomic mass is 16.1. The maximum absolute atomic E-state index is 12.6. The SMILES string of the molecule is CC1CC(NC(=O)CC2(CN)CCCCC2)CCN1Cc1ccccc1. The van der Waals surface area contributed by atoms with Crippen molar-refractivity contribution in [2.75, 3.05) is 13.1 Å². The van der Waals surface area contributed by atoms with Gasteiger partial charge in [0.25, 0.3) is 0 Å². The second kappa shape index (κ2) is 9.01. The molecule has 1 amide bonds. The average molecular weight is 358 g/mol. The second-order valence-corrected chi connectivity index (χ2v) is 8.54. The number of likely N-dealkylation sites (tertiary alicyclic amines) is 1. The number of hydrogen-bond donors (Lipinski definition) is 2. The van der Waals surface area contributed by atoms with Gasteiger partial charge in [-0.15, -0.1) is 0 Å². The van der Waals surface area contributed by atoms with Crippen molar-refractivity contribution in [3.63, 3.8) is 0 Å². The summed E-state index contributed by atoms with van der Waals surface area (Å²) in [5.74, 6) is 0.214. The third kappa shape index (κ3) is 5.08. The number of benzene rings is 1. The molecule has 1 saturated heterocycles. The molecule has 1 aliphatic carbocycles. The first-order valence-corrected chi connectivity index (χ1v) is 10.4. The number of rotatable bonds is 6. The van der Waals surface area contributed by atoms with E-state index in [-0.39, 0.29) is 11.3 Å². The van der Waals surface area contributed by atoms with E-state index in [4.69, 9.17) is 5.73 Å². The third-order valence-electron chi connectivity index (χ3n) is 6.49. The van der Waals surface area contributed by atoms with Gasteiger partial charge in [0.1, 0.15) is 0 Å². The average Bonchev–Trinajstić information content (AvgIpc) is 2.65. The number of carbonyl (C=O) groups excluding carboxylic acids is 1. The van der Waals surface area contributed by atoms with Crippen molar-refractivity contribution in [3.8, 4) is 0 Å². The van der Waals surface area contributed by atoms with Gasteiger partial charge in [-0.1, -0.05) is 49.6 Å². The molecule has 0 radical (unpaired) electrons. The van der Waals surface area contributed by atoms with Crippen LogP contribution >= 0.6 is 0 Å². The maximum Gasteiger partial charge on any atom is 0.220 e. The predicted molar refractivity (Wildman–Crippen MR) is 107 cm³/mol. The minimum absolute atomic E-state index is 0.0575. The number of amides is 1. The monoisotopic (exact) mass is 357 g/mol. The van der Waals surface area contributed by atoms with Crippen molar-refractivity contribution < 1.29 is 4.79 Å². The van der Waals surface area contributed by atoms with Crippen molar-refractivity contribution in [3.05, 3.63) is 35.9 Å². The summed E-state index contributed by atoms with van der Waals surface area (Å²) in [7, 11) is 0. The fourth-order valence-corrected chi connectivity index (χ4v) is 4.78. The van der Waals surface area contributed by atoms with Crippen LogP contribution in [0.5, 0.6) is 0 Å². The van der Waals surface area contributed by atoms with Crippen LogP contribution in [-0.4, -0.2) is 36.0 Å². The smallest absolute Gasteiger partial charge is 0.220 e. The van der Waals surface area contributed by atoms with Crippen molar-refractivity contribution in [2.45, 2.75) is 76.9 Å². The van der Waals surface area contributed by atoms with Gasteiger partial charge in [0.2, 0.25) is 5.91 Å². The normalized spacial score (nSPS) is 26.4. The van der Waals surface area contributed by atoms with Crippen LogP contribution in [0.4, 0.5) is 0 Å². The molecule has 1 aliphatic heterocycles. The fraction of sp³-hybridized carbons (Fsp3) is 0.682. The minimum Gasteiger partial charge on any atom is -0.353 e. The molecule has 1 aromatic rings. The Hall–Kier alpha value is -1.39. The number of nitrogens with zero attached hydrogens (tertiary/aromatic N) is 1. The third-order valence-corrected chi connectivity index (χ3v) is 6.49. The molecule has 26 heavy (non-hydrogen) atoms. The van der Waals surface area contributed by atoms with E-state index in [0.29, 0.717) is 25.0 Å². The molecule has 0 spiro atoms. The Morgan fingerprint density at radius 3 is 2.62 bits per heavy atom. The van der Waals surface area contributed by atoms with Gasteiger partial charge < -0.3 is 11.1 Å². The zero-order valence-corrected chi connectivity index (χ0v) is 16.3. The summed E-state index contributed by atoms with van der Waals surface area (Å²) in [6.45, 7) is 4.97. The summed E-state index contributed by atoms with van der Waals surface area (Å²) >= 11 is 0. The minimum atomic E-state index is 0.0575. The summed E-state index contributed by atoms with van der Waals surface area (Å²) in [5.41, 5.74) is 7.47. The number of hydrogen-bond acceptors (Lipinski definition) is 3. The maximum atomic E-state index is 12.6. The quantitative estimate of drug-likeness (QED) is 0.820. The summed E-state index contributed by atoms with van der Waals surface area (Å²) in [6.07, 6.45) is 8.65. The molecular formula is C22H35N3O. The van der Waals surface area contributed by atoms with E-state index in [1.54, 1.807) is 0 Å². The molecule has 0 aromatic heterocycles. The van der Waals surface area contributed by atoms with E-state index in [9.17, 15) is 4.79 Å². The lowest BCUT2D eigenvalue weighted by molar-refractivity contribution is -0.125. The first kappa shape index (κ1) is 19.4. The number of nitrogens with one attached hydrogen (secondary N) is 1. The van der Waals surface area contributed by atoms with Crippen LogP contribution in [0.1, 0.15) is 63.9 Å². The molecule has 2 atom stereocenters. The highest BCUT2D eigenvalue weighted by Gasteiger charge is 2.34. The fourth-order valence-electron chi connectivity index (χ4n) is 4.78. The van der Waals surface area contributed by atoms with Crippen LogP contribution in [0.2, 0.25) is 0 Å². The van der Waals surface area contributed by atoms with E-state index < -0.39 is 0 Å².